The first-order valence-corrected chi connectivity index (χ1v) is 12.0. The van der Waals surface area contributed by atoms with Gasteiger partial charge in [-0.2, -0.15) is 0 Å². The molecule has 0 atom stereocenters. The molecule has 0 aliphatic heterocycles. The van der Waals surface area contributed by atoms with E-state index in [0.717, 1.165) is 33.4 Å². The third-order valence-electron chi connectivity index (χ3n) is 5.00. The van der Waals surface area contributed by atoms with E-state index in [4.69, 9.17) is 46.4 Å². The van der Waals surface area contributed by atoms with Crippen molar-refractivity contribution in [1.82, 2.24) is 0 Å². The fourth-order valence-electron chi connectivity index (χ4n) is 3.23. The number of hydrogen-bond acceptors (Lipinski definition) is 0. The van der Waals surface area contributed by atoms with Gasteiger partial charge in [0.2, 0.25) is 0 Å². The highest BCUT2D eigenvalue weighted by Crippen LogP contribution is 2.24. The van der Waals surface area contributed by atoms with Gasteiger partial charge < -0.3 is 0 Å². The average Bonchev–Trinajstić information content (AvgIpc) is 2.84. The maximum Gasteiger partial charge on any atom is 0.0406 e. The van der Waals surface area contributed by atoms with Gasteiger partial charge in [0, 0.05) is 31.2 Å². The van der Waals surface area contributed by atoms with Crippen molar-refractivity contribution in [2.45, 2.75) is 0 Å². The Morgan fingerprint density at radius 1 is 0.412 bits per heavy atom. The van der Waals surface area contributed by atoms with Crippen LogP contribution in [0.2, 0.25) is 20.1 Å². The van der Waals surface area contributed by atoms with Gasteiger partial charge in [-0.15, -0.1) is 0 Å². The van der Waals surface area contributed by atoms with Crippen molar-refractivity contribution >= 4 is 69.7 Å². The van der Waals surface area contributed by atoms with E-state index in [1.54, 1.807) is 0 Å². The fourth-order valence-corrected chi connectivity index (χ4v) is 3.73. The SMILES string of the molecule is Clc1ccc(/C=C(\C#C/C(=C\c2ccc(Cl)cc2)c2ccc(Cl)cc2)c2ccc(Cl)cc2)cc1. The lowest BCUT2D eigenvalue weighted by Gasteiger charge is -2.05. The van der Waals surface area contributed by atoms with Crippen LogP contribution in [0.1, 0.15) is 22.3 Å². The van der Waals surface area contributed by atoms with Crippen LogP contribution in [0.4, 0.5) is 0 Å². The second kappa shape index (κ2) is 11.5. The van der Waals surface area contributed by atoms with E-state index in [1.165, 1.54) is 0 Å². The number of hydrogen-bond donors (Lipinski definition) is 0. The summed E-state index contributed by atoms with van der Waals surface area (Å²) in [6.45, 7) is 0. The van der Waals surface area contributed by atoms with Crippen molar-refractivity contribution in [2.24, 2.45) is 0 Å². The molecule has 34 heavy (non-hydrogen) atoms. The van der Waals surface area contributed by atoms with E-state index in [9.17, 15) is 0 Å². The van der Waals surface area contributed by atoms with Crippen molar-refractivity contribution in [3.63, 3.8) is 0 Å². The third-order valence-corrected chi connectivity index (χ3v) is 6.01. The Morgan fingerprint density at radius 3 is 0.971 bits per heavy atom. The lowest BCUT2D eigenvalue weighted by Crippen LogP contribution is -1.85. The molecule has 0 bridgehead atoms. The monoisotopic (exact) mass is 518 g/mol. The van der Waals surface area contributed by atoms with Gasteiger partial charge in [0.1, 0.15) is 0 Å². The van der Waals surface area contributed by atoms with Crippen LogP contribution < -0.4 is 0 Å². The summed E-state index contributed by atoms with van der Waals surface area (Å²) in [5.41, 5.74) is 5.64. The van der Waals surface area contributed by atoms with Crippen LogP contribution in [0.15, 0.2) is 97.1 Å². The van der Waals surface area contributed by atoms with E-state index >= 15 is 0 Å². The zero-order chi connectivity index (χ0) is 23.9. The molecule has 4 rings (SSSR count). The van der Waals surface area contributed by atoms with Crippen molar-refractivity contribution in [3.05, 3.63) is 139 Å². The number of allylic oxidation sites excluding steroid dienone is 2. The Bertz CT molecular complexity index is 1270. The Morgan fingerprint density at radius 2 is 0.676 bits per heavy atom. The highest BCUT2D eigenvalue weighted by Gasteiger charge is 2.04. The minimum Gasteiger partial charge on any atom is -0.0843 e. The minimum atomic E-state index is 0.673. The highest BCUT2D eigenvalue weighted by atomic mass is 35.5. The molecule has 0 unspecified atom stereocenters. The van der Waals surface area contributed by atoms with E-state index in [1.807, 2.05) is 109 Å². The molecule has 4 aromatic rings. The predicted octanol–water partition coefficient (Wildman–Crippen LogP) is 10.1. The smallest absolute Gasteiger partial charge is 0.0406 e. The second-order valence-corrected chi connectivity index (χ2v) is 9.23. The first-order valence-electron chi connectivity index (χ1n) is 10.4. The number of halogens is 4. The molecule has 0 N–H and O–H groups in total. The van der Waals surface area contributed by atoms with Crippen molar-refractivity contribution < 1.29 is 0 Å². The second-order valence-electron chi connectivity index (χ2n) is 7.48. The molecule has 0 aromatic heterocycles. The van der Waals surface area contributed by atoms with Crippen LogP contribution in [0.3, 0.4) is 0 Å². The largest absolute Gasteiger partial charge is 0.0843 e. The Hall–Kier alpha value is -2.92. The van der Waals surface area contributed by atoms with Gasteiger partial charge in [-0.05, 0) is 82.9 Å². The molecule has 0 nitrogen and oxygen atoms in total. The van der Waals surface area contributed by atoms with Gasteiger partial charge in [0.25, 0.3) is 0 Å². The molecule has 166 valence electrons. The van der Waals surface area contributed by atoms with Crippen molar-refractivity contribution in [1.29, 1.82) is 0 Å². The Labute approximate surface area is 220 Å². The first-order chi connectivity index (χ1) is 16.5. The third kappa shape index (κ3) is 6.80. The molecule has 0 radical (unpaired) electrons. The van der Waals surface area contributed by atoms with Crippen LogP contribution in [-0.2, 0) is 0 Å². The van der Waals surface area contributed by atoms with E-state index in [0.29, 0.717) is 20.1 Å². The zero-order valence-electron chi connectivity index (χ0n) is 17.9. The lowest BCUT2D eigenvalue weighted by atomic mass is 10.00. The molecular weight excluding hydrogens is 502 g/mol. The van der Waals surface area contributed by atoms with Gasteiger partial charge in [-0.1, -0.05) is 107 Å². The summed E-state index contributed by atoms with van der Waals surface area (Å²) in [6.07, 6.45) is 4.07. The van der Waals surface area contributed by atoms with Crippen LogP contribution in [0.25, 0.3) is 23.3 Å². The standard InChI is InChI=1S/C30H18Cl4/c31-27-11-1-21(2-12-27)19-25(23-7-15-29(33)16-8-23)5-6-26(24-9-17-30(34)18-10-24)20-22-3-13-28(32)14-4-22/h1-4,7-20H/b25-19+,26-20+. The predicted molar refractivity (Wildman–Crippen MR) is 149 cm³/mol. The summed E-state index contributed by atoms with van der Waals surface area (Å²) >= 11 is 24.4. The molecule has 4 heteroatoms. The Kier molecular flexibility index (Phi) is 8.17. The molecule has 0 amide bonds. The summed E-state index contributed by atoms with van der Waals surface area (Å²) < 4.78 is 0. The fraction of sp³-hybridized carbons (Fsp3) is 0. The molecule has 4 aromatic carbocycles. The minimum absolute atomic E-state index is 0.673. The molecule has 0 saturated heterocycles. The highest BCUT2D eigenvalue weighted by molar-refractivity contribution is 6.31. The van der Waals surface area contributed by atoms with E-state index in [-0.39, 0.29) is 0 Å². The van der Waals surface area contributed by atoms with Gasteiger partial charge >= 0.3 is 0 Å². The summed E-state index contributed by atoms with van der Waals surface area (Å²) in [7, 11) is 0. The summed E-state index contributed by atoms with van der Waals surface area (Å²) in [6, 6.07) is 30.6. The van der Waals surface area contributed by atoms with Crippen LogP contribution in [0.5, 0.6) is 0 Å². The molecule has 0 aliphatic carbocycles. The zero-order valence-corrected chi connectivity index (χ0v) is 20.9. The van der Waals surface area contributed by atoms with Crippen molar-refractivity contribution in [2.75, 3.05) is 0 Å². The lowest BCUT2D eigenvalue weighted by molar-refractivity contribution is 1.62. The van der Waals surface area contributed by atoms with Gasteiger partial charge in [0.15, 0.2) is 0 Å². The molecule has 0 spiro atoms. The van der Waals surface area contributed by atoms with Crippen LogP contribution in [0, 0.1) is 11.8 Å². The summed E-state index contributed by atoms with van der Waals surface area (Å²) in [4.78, 5) is 0. The molecular formula is C30H18Cl4. The maximum atomic E-state index is 6.12. The first kappa shape index (κ1) is 24.2. The summed E-state index contributed by atoms with van der Waals surface area (Å²) in [5, 5.41) is 2.72. The maximum absolute atomic E-state index is 6.12. The summed E-state index contributed by atoms with van der Waals surface area (Å²) in [5.74, 6) is 6.74. The van der Waals surface area contributed by atoms with Crippen LogP contribution in [-0.4, -0.2) is 0 Å². The van der Waals surface area contributed by atoms with Gasteiger partial charge in [-0.3, -0.25) is 0 Å². The van der Waals surface area contributed by atoms with E-state index < -0.39 is 0 Å². The molecule has 0 heterocycles. The van der Waals surface area contributed by atoms with Gasteiger partial charge in [0.05, 0.1) is 0 Å². The number of rotatable bonds is 4. The normalized spacial score (nSPS) is 11.6. The van der Waals surface area contributed by atoms with Crippen LogP contribution >= 0.6 is 46.4 Å². The topological polar surface area (TPSA) is 0 Å². The van der Waals surface area contributed by atoms with E-state index in [2.05, 4.69) is 11.8 Å². The average molecular weight is 520 g/mol. The van der Waals surface area contributed by atoms with Gasteiger partial charge in [-0.25, -0.2) is 0 Å². The molecule has 0 saturated carbocycles. The molecule has 0 aliphatic rings. The van der Waals surface area contributed by atoms with Crippen molar-refractivity contribution in [3.8, 4) is 11.8 Å². The Balaban J connectivity index is 1.82. The quantitative estimate of drug-likeness (QED) is 0.186. The number of benzene rings is 4. The molecule has 0 fully saturated rings.